The monoisotopic (exact) mass is 299 g/mol. The summed E-state index contributed by atoms with van der Waals surface area (Å²) in [6.45, 7) is 1.69. The first-order valence-electron chi connectivity index (χ1n) is 5.66. The van der Waals surface area contributed by atoms with E-state index in [0.29, 0.717) is 27.1 Å². The topological polar surface area (TPSA) is 35.2 Å². The van der Waals surface area contributed by atoms with Crippen LogP contribution < -0.4 is 10.5 Å². The molecule has 100 valence electrons. The SMILES string of the molecule is C[C@H](N)c1c(F)cccc1Oc1ccc(Cl)cc1Cl. The average molecular weight is 300 g/mol. The maximum atomic E-state index is 13.8. The van der Waals surface area contributed by atoms with Gasteiger partial charge in [-0.3, -0.25) is 0 Å². The lowest BCUT2D eigenvalue weighted by atomic mass is 10.1. The van der Waals surface area contributed by atoms with Crippen LogP contribution in [0.3, 0.4) is 0 Å². The van der Waals surface area contributed by atoms with Crippen LogP contribution in [0.4, 0.5) is 4.39 Å². The Hall–Kier alpha value is -1.29. The molecule has 1 atom stereocenters. The standard InChI is InChI=1S/C14H12Cl2FNO/c1-8(18)14-11(17)3-2-4-13(14)19-12-6-5-9(15)7-10(12)16/h2-8H,18H2,1H3/t8-/m0/s1. The zero-order valence-electron chi connectivity index (χ0n) is 10.2. The highest BCUT2D eigenvalue weighted by atomic mass is 35.5. The first-order valence-corrected chi connectivity index (χ1v) is 6.41. The maximum absolute atomic E-state index is 13.8. The van der Waals surface area contributed by atoms with Crippen LogP contribution in [0.15, 0.2) is 36.4 Å². The fraction of sp³-hybridized carbons (Fsp3) is 0.143. The Balaban J connectivity index is 2.41. The van der Waals surface area contributed by atoms with Gasteiger partial charge in [-0.2, -0.15) is 0 Å². The van der Waals surface area contributed by atoms with Gasteiger partial charge in [0.2, 0.25) is 0 Å². The van der Waals surface area contributed by atoms with E-state index in [4.69, 9.17) is 33.7 Å². The zero-order valence-corrected chi connectivity index (χ0v) is 11.7. The molecule has 0 spiro atoms. The second-order valence-electron chi connectivity index (χ2n) is 4.12. The minimum atomic E-state index is -0.484. The van der Waals surface area contributed by atoms with Crippen molar-refractivity contribution in [3.05, 3.63) is 57.8 Å². The Labute approximate surface area is 120 Å². The molecule has 2 nitrogen and oxygen atoms in total. The first-order chi connectivity index (χ1) is 8.99. The fourth-order valence-electron chi connectivity index (χ4n) is 1.72. The fourth-order valence-corrected chi connectivity index (χ4v) is 2.17. The number of hydrogen-bond acceptors (Lipinski definition) is 2. The van der Waals surface area contributed by atoms with Gasteiger partial charge in [-0.1, -0.05) is 29.3 Å². The highest BCUT2D eigenvalue weighted by Crippen LogP contribution is 2.35. The van der Waals surface area contributed by atoms with Gasteiger partial charge in [-0.25, -0.2) is 4.39 Å². The number of ether oxygens (including phenoxy) is 1. The summed E-state index contributed by atoms with van der Waals surface area (Å²) in [5, 5.41) is 0.858. The molecular formula is C14H12Cl2FNO. The largest absolute Gasteiger partial charge is 0.455 e. The number of rotatable bonds is 3. The highest BCUT2D eigenvalue weighted by Gasteiger charge is 2.15. The lowest BCUT2D eigenvalue weighted by Crippen LogP contribution is -2.09. The number of hydrogen-bond donors (Lipinski definition) is 1. The quantitative estimate of drug-likeness (QED) is 0.871. The van der Waals surface area contributed by atoms with Gasteiger partial charge < -0.3 is 10.5 Å². The van der Waals surface area contributed by atoms with Gasteiger partial charge in [0.25, 0.3) is 0 Å². The van der Waals surface area contributed by atoms with Gasteiger partial charge in [0.1, 0.15) is 17.3 Å². The van der Waals surface area contributed by atoms with Crippen molar-refractivity contribution in [3.8, 4) is 11.5 Å². The molecule has 0 heterocycles. The van der Waals surface area contributed by atoms with Gasteiger partial charge in [-0.05, 0) is 37.3 Å². The molecule has 0 saturated heterocycles. The van der Waals surface area contributed by atoms with Crippen molar-refractivity contribution in [2.24, 2.45) is 5.73 Å². The molecule has 2 aromatic rings. The first kappa shape index (κ1) is 14.1. The van der Waals surface area contributed by atoms with Gasteiger partial charge >= 0.3 is 0 Å². The molecule has 0 saturated carbocycles. The molecule has 2 aromatic carbocycles. The van der Waals surface area contributed by atoms with Crippen LogP contribution in [-0.4, -0.2) is 0 Å². The van der Waals surface area contributed by atoms with E-state index >= 15 is 0 Å². The van der Waals surface area contributed by atoms with Crippen molar-refractivity contribution in [1.29, 1.82) is 0 Å². The second-order valence-corrected chi connectivity index (χ2v) is 4.96. The summed E-state index contributed by atoms with van der Waals surface area (Å²) in [5.41, 5.74) is 6.07. The second kappa shape index (κ2) is 5.78. The van der Waals surface area contributed by atoms with E-state index in [1.54, 1.807) is 37.3 Å². The van der Waals surface area contributed by atoms with E-state index in [1.165, 1.54) is 6.07 Å². The molecule has 5 heteroatoms. The molecule has 0 aliphatic heterocycles. The van der Waals surface area contributed by atoms with Crippen molar-refractivity contribution in [3.63, 3.8) is 0 Å². The van der Waals surface area contributed by atoms with Gasteiger partial charge in [0.05, 0.1) is 5.02 Å². The predicted octanol–water partition coefficient (Wildman–Crippen LogP) is 4.94. The van der Waals surface area contributed by atoms with E-state index in [0.717, 1.165) is 0 Å². The maximum Gasteiger partial charge on any atom is 0.146 e. The third kappa shape index (κ3) is 3.18. The minimum Gasteiger partial charge on any atom is -0.455 e. The summed E-state index contributed by atoms with van der Waals surface area (Å²) in [6, 6.07) is 8.89. The molecule has 0 amide bonds. The number of benzene rings is 2. The van der Waals surface area contributed by atoms with Gasteiger partial charge in [0, 0.05) is 16.6 Å². The normalized spacial score (nSPS) is 12.3. The van der Waals surface area contributed by atoms with Gasteiger partial charge in [-0.15, -0.1) is 0 Å². The molecule has 0 fully saturated rings. The van der Waals surface area contributed by atoms with Crippen LogP contribution in [0, 0.1) is 5.82 Å². The summed E-state index contributed by atoms with van der Waals surface area (Å²) >= 11 is 11.8. The molecule has 2 N–H and O–H groups in total. The van der Waals surface area contributed by atoms with Crippen LogP contribution in [-0.2, 0) is 0 Å². The van der Waals surface area contributed by atoms with Crippen molar-refractivity contribution in [1.82, 2.24) is 0 Å². The van der Waals surface area contributed by atoms with Crippen molar-refractivity contribution >= 4 is 23.2 Å². The Morgan fingerprint density at radius 2 is 1.89 bits per heavy atom. The Bertz CT molecular complexity index is 602. The third-order valence-electron chi connectivity index (χ3n) is 2.58. The summed E-state index contributed by atoms with van der Waals surface area (Å²) in [4.78, 5) is 0. The lowest BCUT2D eigenvalue weighted by molar-refractivity contribution is 0.461. The summed E-state index contributed by atoms with van der Waals surface area (Å²) in [7, 11) is 0. The molecular weight excluding hydrogens is 288 g/mol. The Morgan fingerprint density at radius 1 is 1.16 bits per heavy atom. The summed E-state index contributed by atoms with van der Waals surface area (Å²) in [6.07, 6.45) is 0. The molecule has 0 aromatic heterocycles. The van der Waals surface area contributed by atoms with E-state index in [2.05, 4.69) is 0 Å². The van der Waals surface area contributed by atoms with Crippen LogP contribution in [0.25, 0.3) is 0 Å². The van der Waals surface area contributed by atoms with Crippen LogP contribution >= 0.6 is 23.2 Å². The molecule has 0 aliphatic carbocycles. The molecule has 0 bridgehead atoms. The minimum absolute atomic E-state index is 0.313. The van der Waals surface area contributed by atoms with Gasteiger partial charge in [0.15, 0.2) is 0 Å². The molecule has 19 heavy (non-hydrogen) atoms. The summed E-state index contributed by atoms with van der Waals surface area (Å²) < 4.78 is 19.4. The molecule has 2 rings (SSSR count). The van der Waals surface area contributed by atoms with E-state index in [1.807, 2.05) is 0 Å². The van der Waals surface area contributed by atoms with E-state index < -0.39 is 11.9 Å². The Kier molecular flexibility index (Phi) is 4.30. The average Bonchev–Trinajstić information content (AvgIpc) is 2.32. The highest BCUT2D eigenvalue weighted by molar-refractivity contribution is 6.35. The smallest absolute Gasteiger partial charge is 0.146 e. The van der Waals surface area contributed by atoms with E-state index in [-0.39, 0.29) is 0 Å². The molecule has 0 radical (unpaired) electrons. The third-order valence-corrected chi connectivity index (χ3v) is 3.11. The van der Waals surface area contributed by atoms with Crippen LogP contribution in [0.1, 0.15) is 18.5 Å². The van der Waals surface area contributed by atoms with Crippen LogP contribution in [0.5, 0.6) is 11.5 Å². The predicted molar refractivity (Wildman–Crippen MR) is 75.5 cm³/mol. The zero-order chi connectivity index (χ0) is 14.0. The summed E-state index contributed by atoms with van der Waals surface area (Å²) in [5.74, 6) is 0.343. The number of nitrogens with two attached hydrogens (primary N) is 1. The number of halogens is 3. The van der Waals surface area contributed by atoms with E-state index in [9.17, 15) is 4.39 Å². The molecule has 0 unspecified atom stereocenters. The van der Waals surface area contributed by atoms with Crippen molar-refractivity contribution in [2.75, 3.05) is 0 Å². The van der Waals surface area contributed by atoms with Crippen molar-refractivity contribution < 1.29 is 9.13 Å². The van der Waals surface area contributed by atoms with Crippen LogP contribution in [0.2, 0.25) is 10.0 Å². The Morgan fingerprint density at radius 3 is 2.53 bits per heavy atom. The lowest BCUT2D eigenvalue weighted by Gasteiger charge is -2.15. The molecule has 0 aliphatic rings. The van der Waals surface area contributed by atoms with Crippen molar-refractivity contribution in [2.45, 2.75) is 13.0 Å².